The Morgan fingerprint density at radius 1 is 1.06 bits per heavy atom. The van der Waals surface area contributed by atoms with E-state index in [1.165, 1.54) is 6.92 Å². The van der Waals surface area contributed by atoms with E-state index in [-0.39, 0.29) is 12.8 Å². The summed E-state index contributed by atoms with van der Waals surface area (Å²) in [6, 6.07) is 0. The summed E-state index contributed by atoms with van der Waals surface area (Å²) in [4.78, 5) is 43.2. The lowest BCUT2D eigenvalue weighted by Crippen LogP contribution is -2.25. The van der Waals surface area contributed by atoms with E-state index in [1.54, 1.807) is 0 Å². The normalized spacial score (nSPS) is 13.9. The third kappa shape index (κ3) is 4.20. The molecule has 0 radical (unpaired) electrons. The Labute approximate surface area is 92.3 Å². The molecule has 0 spiro atoms. The fourth-order valence-corrected chi connectivity index (χ4v) is 1.14. The Morgan fingerprint density at radius 2 is 1.56 bits per heavy atom. The van der Waals surface area contributed by atoms with Gasteiger partial charge in [0, 0.05) is 6.42 Å². The van der Waals surface area contributed by atoms with E-state index < -0.39 is 35.3 Å². The predicted molar refractivity (Wildman–Crippen MR) is 52.8 cm³/mol. The molecule has 0 aliphatic carbocycles. The Balaban J connectivity index is 4.33. The third-order valence-corrected chi connectivity index (χ3v) is 2.32. The van der Waals surface area contributed by atoms with Crippen molar-refractivity contribution in [3.63, 3.8) is 0 Å². The summed E-state index contributed by atoms with van der Waals surface area (Å²) < 4.78 is 0. The molecule has 0 rings (SSSR count). The fourth-order valence-electron chi connectivity index (χ4n) is 1.14. The van der Waals surface area contributed by atoms with Crippen LogP contribution in [0.4, 0.5) is 0 Å². The maximum atomic E-state index is 11.2. The van der Waals surface area contributed by atoms with Gasteiger partial charge >= 0.3 is 11.9 Å². The van der Waals surface area contributed by atoms with Crippen molar-refractivity contribution in [3.8, 4) is 0 Å². The second kappa shape index (κ2) is 5.99. The highest BCUT2D eigenvalue weighted by atomic mass is 16.4. The van der Waals surface area contributed by atoms with Gasteiger partial charge in [0.05, 0.1) is 0 Å². The van der Waals surface area contributed by atoms with Crippen LogP contribution in [-0.4, -0.2) is 33.7 Å². The highest BCUT2D eigenvalue weighted by molar-refractivity contribution is 6.00. The molecule has 0 bridgehead atoms. The summed E-state index contributed by atoms with van der Waals surface area (Å²) in [7, 11) is 0. The van der Waals surface area contributed by atoms with E-state index in [2.05, 4.69) is 0 Å². The molecule has 90 valence electrons. The van der Waals surface area contributed by atoms with Gasteiger partial charge in [-0.2, -0.15) is 0 Å². The van der Waals surface area contributed by atoms with Gasteiger partial charge < -0.3 is 10.2 Å². The van der Waals surface area contributed by atoms with Gasteiger partial charge in [-0.1, -0.05) is 0 Å². The zero-order valence-corrected chi connectivity index (χ0v) is 9.10. The molecule has 0 aromatic rings. The topological polar surface area (TPSA) is 109 Å². The second-order valence-corrected chi connectivity index (χ2v) is 3.57. The number of ketones is 2. The van der Waals surface area contributed by atoms with Gasteiger partial charge in [-0.25, -0.2) is 0 Å². The van der Waals surface area contributed by atoms with Crippen LogP contribution in [0.1, 0.15) is 26.7 Å². The third-order valence-electron chi connectivity index (χ3n) is 2.32. The molecule has 0 saturated carbocycles. The van der Waals surface area contributed by atoms with E-state index in [0.717, 1.165) is 6.92 Å². The van der Waals surface area contributed by atoms with Crippen molar-refractivity contribution in [1.29, 1.82) is 0 Å². The lowest BCUT2D eigenvalue weighted by molar-refractivity contribution is -0.146. The van der Waals surface area contributed by atoms with Crippen LogP contribution in [0.3, 0.4) is 0 Å². The van der Waals surface area contributed by atoms with Crippen LogP contribution in [0.2, 0.25) is 0 Å². The molecule has 0 aromatic carbocycles. The van der Waals surface area contributed by atoms with Crippen LogP contribution in [0.5, 0.6) is 0 Å². The first-order chi connectivity index (χ1) is 7.27. The number of rotatable bonds is 7. The molecule has 2 unspecified atom stereocenters. The Bertz CT molecular complexity index is 305. The maximum absolute atomic E-state index is 11.2. The summed E-state index contributed by atoms with van der Waals surface area (Å²) >= 11 is 0. The highest BCUT2D eigenvalue weighted by Crippen LogP contribution is 2.12. The van der Waals surface area contributed by atoms with Crippen molar-refractivity contribution < 1.29 is 29.4 Å². The van der Waals surface area contributed by atoms with Crippen LogP contribution in [0, 0.1) is 11.8 Å². The van der Waals surface area contributed by atoms with E-state index in [4.69, 9.17) is 10.2 Å². The minimum absolute atomic E-state index is 0.152. The van der Waals surface area contributed by atoms with Crippen LogP contribution < -0.4 is 0 Å². The van der Waals surface area contributed by atoms with E-state index in [9.17, 15) is 19.2 Å². The molecule has 2 atom stereocenters. The molecule has 6 nitrogen and oxygen atoms in total. The van der Waals surface area contributed by atoms with Crippen molar-refractivity contribution >= 4 is 23.5 Å². The van der Waals surface area contributed by atoms with Gasteiger partial charge in [0.1, 0.15) is 23.4 Å². The van der Waals surface area contributed by atoms with Crippen molar-refractivity contribution in [2.75, 3.05) is 0 Å². The van der Waals surface area contributed by atoms with Gasteiger partial charge in [0.15, 0.2) is 0 Å². The van der Waals surface area contributed by atoms with E-state index in [0.29, 0.717) is 0 Å². The number of carboxylic acid groups (broad SMARTS) is 2. The first-order valence-electron chi connectivity index (χ1n) is 4.76. The predicted octanol–water partition coefficient (Wildman–Crippen LogP) is 0.346. The van der Waals surface area contributed by atoms with Gasteiger partial charge in [0.25, 0.3) is 0 Å². The lowest BCUT2D eigenvalue weighted by atomic mass is 9.94. The molecular weight excluding hydrogens is 216 g/mol. The first kappa shape index (κ1) is 14.3. The summed E-state index contributed by atoms with van der Waals surface area (Å²) in [5.74, 6) is -6.04. The van der Waals surface area contributed by atoms with Crippen LogP contribution in [-0.2, 0) is 19.2 Å². The molecule has 0 heterocycles. The fraction of sp³-hybridized carbons (Fsp3) is 0.600. The van der Waals surface area contributed by atoms with Crippen LogP contribution in [0.15, 0.2) is 0 Å². The standard InChI is InChI=1S/C10H14O6/c1-5(9(13)14)8(12)4-3-7(6(2)11)10(15)16/h5,7H,3-4H2,1-2H3,(H,13,14)(H,15,16). The summed E-state index contributed by atoms with van der Waals surface area (Å²) in [6.45, 7) is 2.36. The smallest absolute Gasteiger partial charge is 0.314 e. The Hall–Kier alpha value is -1.72. The number of carbonyl (C=O) groups excluding carboxylic acids is 2. The van der Waals surface area contributed by atoms with Crippen LogP contribution >= 0.6 is 0 Å². The van der Waals surface area contributed by atoms with Crippen molar-refractivity contribution in [2.24, 2.45) is 11.8 Å². The van der Waals surface area contributed by atoms with Crippen molar-refractivity contribution in [2.45, 2.75) is 26.7 Å². The van der Waals surface area contributed by atoms with Gasteiger partial charge in [-0.05, 0) is 20.3 Å². The zero-order valence-electron chi connectivity index (χ0n) is 9.10. The van der Waals surface area contributed by atoms with Gasteiger partial charge in [-0.15, -0.1) is 0 Å². The number of hydrogen-bond acceptors (Lipinski definition) is 4. The SMILES string of the molecule is CC(=O)C(CCC(=O)C(C)C(=O)O)C(=O)O. The monoisotopic (exact) mass is 230 g/mol. The Morgan fingerprint density at radius 3 is 1.88 bits per heavy atom. The van der Waals surface area contributed by atoms with Crippen molar-refractivity contribution in [3.05, 3.63) is 0 Å². The molecule has 0 aliphatic rings. The molecule has 2 N–H and O–H groups in total. The average molecular weight is 230 g/mol. The second-order valence-electron chi connectivity index (χ2n) is 3.57. The van der Waals surface area contributed by atoms with Crippen LogP contribution in [0.25, 0.3) is 0 Å². The molecule has 0 fully saturated rings. The van der Waals surface area contributed by atoms with E-state index >= 15 is 0 Å². The van der Waals surface area contributed by atoms with E-state index in [1.807, 2.05) is 0 Å². The minimum Gasteiger partial charge on any atom is -0.481 e. The number of Topliss-reactive ketones (excluding diaryl/α,β-unsaturated/α-hetero) is 2. The zero-order chi connectivity index (χ0) is 12.9. The minimum atomic E-state index is -1.29. The molecule has 0 saturated heterocycles. The number of aliphatic carboxylic acids is 2. The molecule has 0 aromatic heterocycles. The highest BCUT2D eigenvalue weighted by Gasteiger charge is 2.26. The molecule has 0 amide bonds. The summed E-state index contributed by atoms with van der Waals surface area (Å²) in [5, 5.41) is 17.2. The molecule has 16 heavy (non-hydrogen) atoms. The van der Waals surface area contributed by atoms with Gasteiger partial charge in [0.2, 0.25) is 0 Å². The molecule has 6 heteroatoms. The Kier molecular flexibility index (Phi) is 5.35. The summed E-state index contributed by atoms with van der Waals surface area (Å²) in [5.41, 5.74) is 0. The van der Waals surface area contributed by atoms with Crippen molar-refractivity contribution in [1.82, 2.24) is 0 Å². The number of carbonyl (C=O) groups is 4. The maximum Gasteiger partial charge on any atom is 0.314 e. The largest absolute Gasteiger partial charge is 0.481 e. The quantitative estimate of drug-likeness (QED) is 0.610. The molecular formula is C10H14O6. The average Bonchev–Trinajstić information content (AvgIpc) is 2.15. The summed E-state index contributed by atoms with van der Waals surface area (Å²) in [6.07, 6.45) is -0.370. The molecule has 0 aliphatic heterocycles. The number of hydrogen-bond donors (Lipinski definition) is 2. The first-order valence-corrected chi connectivity index (χ1v) is 4.76. The lowest BCUT2D eigenvalue weighted by Gasteiger charge is -2.09. The van der Waals surface area contributed by atoms with Gasteiger partial charge in [-0.3, -0.25) is 19.2 Å². The number of carboxylic acids is 2.